The van der Waals surface area contributed by atoms with Crippen molar-refractivity contribution in [3.05, 3.63) is 46.2 Å². The van der Waals surface area contributed by atoms with E-state index >= 15 is 0 Å². The molecule has 1 fully saturated rings. The molecule has 0 spiro atoms. The molecule has 0 bridgehead atoms. The molecular formula is C21H21ClF3N5O3. The van der Waals surface area contributed by atoms with Gasteiger partial charge >= 0.3 is 6.18 Å². The van der Waals surface area contributed by atoms with Crippen molar-refractivity contribution in [2.75, 3.05) is 20.2 Å². The van der Waals surface area contributed by atoms with Crippen molar-refractivity contribution in [1.82, 2.24) is 24.9 Å². The van der Waals surface area contributed by atoms with E-state index in [-0.39, 0.29) is 27.8 Å². The normalized spacial score (nSPS) is 16.5. The number of benzene rings is 1. The molecule has 2 aromatic heterocycles. The zero-order valence-corrected chi connectivity index (χ0v) is 18.8. The minimum atomic E-state index is -4.52. The van der Waals surface area contributed by atoms with Gasteiger partial charge in [0.15, 0.2) is 0 Å². The number of alkyl halides is 3. The Kier molecular flexibility index (Phi) is 5.73. The lowest BCUT2D eigenvalue weighted by molar-refractivity contribution is -0.143. The highest BCUT2D eigenvalue weighted by Gasteiger charge is 2.49. The van der Waals surface area contributed by atoms with E-state index in [4.69, 9.17) is 16.3 Å². The lowest BCUT2D eigenvalue weighted by Crippen LogP contribution is -2.58. The molecule has 8 nitrogen and oxygen atoms in total. The second-order valence-electron chi connectivity index (χ2n) is 8.07. The molecule has 0 aliphatic carbocycles. The lowest BCUT2D eigenvalue weighted by Gasteiger charge is -2.47. The SMILES string of the molecule is COc1nc2ccc(C(O)(c3cnnn3C)C3CN(C(C)=O)C3)cc2c(Cl)c1CC(F)(F)F. The number of rotatable bonds is 5. The number of amides is 1. The molecule has 1 saturated heterocycles. The Bertz CT molecular complexity index is 1230. The van der Waals surface area contributed by atoms with Gasteiger partial charge in [0.2, 0.25) is 11.8 Å². The number of nitrogens with zero attached hydrogens (tertiary/aromatic N) is 5. The highest BCUT2D eigenvalue weighted by atomic mass is 35.5. The molecule has 1 atom stereocenters. The molecular weight excluding hydrogens is 463 g/mol. The number of hydrogen-bond acceptors (Lipinski definition) is 6. The van der Waals surface area contributed by atoms with Gasteiger partial charge in [0.05, 0.1) is 36.0 Å². The first kappa shape index (κ1) is 23.2. The number of likely N-dealkylation sites (tertiary alicyclic amines) is 1. The number of aliphatic hydroxyl groups is 1. The van der Waals surface area contributed by atoms with Crippen molar-refractivity contribution < 1.29 is 27.8 Å². The second kappa shape index (κ2) is 8.14. The molecule has 1 N–H and O–H groups in total. The summed E-state index contributed by atoms with van der Waals surface area (Å²) in [4.78, 5) is 17.5. The fourth-order valence-corrected chi connectivity index (χ4v) is 4.53. The van der Waals surface area contributed by atoms with Crippen LogP contribution in [-0.2, 0) is 23.9 Å². The smallest absolute Gasteiger partial charge is 0.393 e. The van der Waals surface area contributed by atoms with Crippen LogP contribution in [0.3, 0.4) is 0 Å². The average Bonchev–Trinajstić information content (AvgIpc) is 3.13. The summed E-state index contributed by atoms with van der Waals surface area (Å²) in [6.07, 6.45) is -4.41. The van der Waals surface area contributed by atoms with Gasteiger partial charge in [-0.15, -0.1) is 5.10 Å². The number of carbonyl (C=O) groups excluding carboxylic acids is 1. The Hall–Kier alpha value is -2.92. The molecule has 4 rings (SSSR count). The average molecular weight is 484 g/mol. The number of ether oxygens (including phenoxy) is 1. The van der Waals surface area contributed by atoms with E-state index in [2.05, 4.69) is 15.3 Å². The van der Waals surface area contributed by atoms with Crippen LogP contribution in [-0.4, -0.2) is 62.3 Å². The van der Waals surface area contributed by atoms with Gasteiger partial charge in [-0.25, -0.2) is 9.67 Å². The predicted molar refractivity (Wildman–Crippen MR) is 113 cm³/mol. The maximum atomic E-state index is 13.2. The predicted octanol–water partition coefficient (Wildman–Crippen LogP) is 2.84. The van der Waals surface area contributed by atoms with Crippen LogP contribution in [0.15, 0.2) is 24.4 Å². The Morgan fingerprint density at radius 3 is 2.58 bits per heavy atom. The van der Waals surface area contributed by atoms with Crippen LogP contribution in [0.1, 0.15) is 23.7 Å². The molecule has 176 valence electrons. The number of halogens is 4. The molecule has 33 heavy (non-hydrogen) atoms. The van der Waals surface area contributed by atoms with E-state index in [0.29, 0.717) is 29.9 Å². The quantitative estimate of drug-likeness (QED) is 0.600. The Labute approximate surface area is 191 Å². The second-order valence-corrected chi connectivity index (χ2v) is 8.45. The molecule has 1 aliphatic rings. The van der Waals surface area contributed by atoms with Crippen LogP contribution in [0.5, 0.6) is 5.88 Å². The number of aromatic nitrogens is 4. The van der Waals surface area contributed by atoms with Crippen molar-refractivity contribution in [2.45, 2.75) is 25.1 Å². The van der Waals surface area contributed by atoms with E-state index in [9.17, 15) is 23.1 Å². The Morgan fingerprint density at radius 1 is 1.33 bits per heavy atom. The molecule has 0 radical (unpaired) electrons. The van der Waals surface area contributed by atoms with E-state index in [1.807, 2.05) is 0 Å². The summed E-state index contributed by atoms with van der Waals surface area (Å²) in [5, 5.41) is 19.8. The maximum Gasteiger partial charge on any atom is 0.393 e. The molecule has 1 aromatic carbocycles. The molecule has 0 saturated carbocycles. The van der Waals surface area contributed by atoms with E-state index in [1.54, 1.807) is 24.1 Å². The van der Waals surface area contributed by atoms with Crippen LogP contribution < -0.4 is 4.74 Å². The fourth-order valence-electron chi connectivity index (χ4n) is 4.23. The van der Waals surface area contributed by atoms with Crippen LogP contribution in [0.2, 0.25) is 5.02 Å². The molecule has 1 unspecified atom stereocenters. The van der Waals surface area contributed by atoms with Gasteiger partial charge in [-0.05, 0) is 17.7 Å². The van der Waals surface area contributed by atoms with Crippen molar-refractivity contribution in [1.29, 1.82) is 0 Å². The molecule has 3 heterocycles. The Balaban J connectivity index is 1.88. The van der Waals surface area contributed by atoms with Gasteiger partial charge in [-0.1, -0.05) is 22.9 Å². The van der Waals surface area contributed by atoms with Crippen LogP contribution in [0, 0.1) is 5.92 Å². The summed E-state index contributed by atoms with van der Waals surface area (Å²) in [6.45, 7) is 2.03. The largest absolute Gasteiger partial charge is 0.481 e. The highest BCUT2D eigenvalue weighted by molar-refractivity contribution is 6.36. The first-order chi connectivity index (χ1) is 15.5. The van der Waals surface area contributed by atoms with Crippen molar-refractivity contribution in [3.63, 3.8) is 0 Å². The topological polar surface area (TPSA) is 93.4 Å². The van der Waals surface area contributed by atoms with Gasteiger partial charge in [-0.2, -0.15) is 13.2 Å². The molecule has 12 heteroatoms. The fraction of sp³-hybridized carbons (Fsp3) is 0.429. The third-order valence-electron chi connectivity index (χ3n) is 6.01. The standard InChI is InChI=1S/C21H21ClF3N5O3/c1-11(31)30-9-13(10-30)21(32,17-8-26-28-29(17)2)12-4-5-16-14(6-12)18(22)15(7-20(23,24)25)19(27-16)33-3/h4-6,8,13,32H,7,9-10H2,1-3H3. The minimum absolute atomic E-state index is 0.119. The van der Waals surface area contributed by atoms with Gasteiger partial charge in [-0.3, -0.25) is 4.79 Å². The van der Waals surface area contributed by atoms with E-state index in [0.717, 1.165) is 0 Å². The summed E-state index contributed by atoms with van der Waals surface area (Å²) < 4.78 is 46.0. The third-order valence-corrected chi connectivity index (χ3v) is 6.44. The number of carbonyl (C=O) groups is 1. The first-order valence-corrected chi connectivity index (χ1v) is 10.4. The first-order valence-electron chi connectivity index (χ1n) is 10.0. The summed E-state index contributed by atoms with van der Waals surface area (Å²) in [6, 6.07) is 4.71. The summed E-state index contributed by atoms with van der Waals surface area (Å²) in [7, 11) is 2.85. The van der Waals surface area contributed by atoms with Gasteiger partial charge in [0.1, 0.15) is 5.60 Å². The van der Waals surface area contributed by atoms with Crippen LogP contribution >= 0.6 is 11.6 Å². The molecule has 1 aliphatic heterocycles. The van der Waals surface area contributed by atoms with Gasteiger partial charge in [0.25, 0.3) is 0 Å². The zero-order chi connectivity index (χ0) is 24.1. The third kappa shape index (κ3) is 3.99. The summed E-state index contributed by atoms with van der Waals surface area (Å²) in [5.74, 6) is -0.721. The van der Waals surface area contributed by atoms with E-state index < -0.39 is 24.1 Å². The number of hydrogen-bond donors (Lipinski definition) is 1. The highest BCUT2D eigenvalue weighted by Crippen LogP contribution is 2.43. The zero-order valence-electron chi connectivity index (χ0n) is 18.0. The van der Waals surface area contributed by atoms with Crippen molar-refractivity contribution >= 4 is 28.4 Å². The van der Waals surface area contributed by atoms with Gasteiger partial charge < -0.3 is 14.7 Å². The van der Waals surface area contributed by atoms with Crippen molar-refractivity contribution in [3.8, 4) is 5.88 Å². The van der Waals surface area contributed by atoms with Crippen molar-refractivity contribution in [2.24, 2.45) is 13.0 Å². The number of pyridine rings is 1. The molecule has 3 aromatic rings. The minimum Gasteiger partial charge on any atom is -0.481 e. The van der Waals surface area contributed by atoms with Crippen LogP contribution in [0.25, 0.3) is 10.9 Å². The Morgan fingerprint density at radius 2 is 2.03 bits per heavy atom. The van der Waals surface area contributed by atoms with Crippen LogP contribution in [0.4, 0.5) is 13.2 Å². The number of fused-ring (bicyclic) bond motifs is 1. The number of aryl methyl sites for hydroxylation is 1. The van der Waals surface area contributed by atoms with Gasteiger partial charge in [0, 0.05) is 43.9 Å². The lowest BCUT2D eigenvalue weighted by atomic mass is 9.74. The summed E-state index contributed by atoms with van der Waals surface area (Å²) >= 11 is 6.42. The maximum absolute atomic E-state index is 13.2. The summed E-state index contributed by atoms with van der Waals surface area (Å²) in [5.41, 5.74) is -0.834. The number of methoxy groups -OCH3 is 1. The monoisotopic (exact) mass is 483 g/mol. The molecule has 1 amide bonds. The van der Waals surface area contributed by atoms with E-state index in [1.165, 1.54) is 31.0 Å².